The minimum absolute atomic E-state index is 0.466. The number of rotatable bonds is 2. The molecular formula is C15H29N. The maximum atomic E-state index is 6.63. The van der Waals surface area contributed by atoms with Gasteiger partial charge in [-0.05, 0) is 37.0 Å². The lowest BCUT2D eigenvalue weighted by Gasteiger charge is -2.42. The molecule has 2 rings (SSSR count). The van der Waals surface area contributed by atoms with Crippen molar-refractivity contribution < 1.29 is 0 Å². The molecule has 0 saturated heterocycles. The Labute approximate surface area is 101 Å². The second kappa shape index (κ2) is 5.53. The molecule has 94 valence electrons. The van der Waals surface area contributed by atoms with E-state index in [1.807, 2.05) is 0 Å². The first kappa shape index (κ1) is 12.4. The molecular weight excluding hydrogens is 194 g/mol. The number of nitrogens with two attached hydrogens (primary N) is 1. The third-order valence-electron chi connectivity index (χ3n) is 5.21. The van der Waals surface area contributed by atoms with Crippen LogP contribution in [0.15, 0.2) is 0 Å². The zero-order valence-electron chi connectivity index (χ0n) is 11.0. The summed E-state index contributed by atoms with van der Waals surface area (Å²) in [5, 5.41) is 0. The summed E-state index contributed by atoms with van der Waals surface area (Å²) in [4.78, 5) is 0. The van der Waals surface area contributed by atoms with Gasteiger partial charge in [-0.2, -0.15) is 0 Å². The SMILES string of the molecule is CC1(C(N)C2CCCCCC2)CCCCC1. The van der Waals surface area contributed by atoms with E-state index in [-0.39, 0.29) is 0 Å². The Kier molecular flexibility index (Phi) is 4.29. The fourth-order valence-corrected chi connectivity index (χ4v) is 3.93. The normalized spacial score (nSPS) is 29.6. The molecule has 0 spiro atoms. The van der Waals surface area contributed by atoms with Gasteiger partial charge < -0.3 is 5.73 Å². The van der Waals surface area contributed by atoms with Gasteiger partial charge in [0.1, 0.15) is 0 Å². The van der Waals surface area contributed by atoms with E-state index >= 15 is 0 Å². The molecule has 0 aromatic rings. The maximum Gasteiger partial charge on any atom is 0.0121 e. The van der Waals surface area contributed by atoms with Gasteiger partial charge in [-0.25, -0.2) is 0 Å². The molecule has 1 nitrogen and oxygen atoms in total. The predicted molar refractivity (Wildman–Crippen MR) is 70.4 cm³/mol. The van der Waals surface area contributed by atoms with Crippen LogP contribution >= 0.6 is 0 Å². The topological polar surface area (TPSA) is 26.0 Å². The van der Waals surface area contributed by atoms with Crippen molar-refractivity contribution in [3.8, 4) is 0 Å². The molecule has 2 aliphatic carbocycles. The highest BCUT2D eigenvalue weighted by Crippen LogP contribution is 2.42. The lowest BCUT2D eigenvalue weighted by molar-refractivity contribution is 0.122. The van der Waals surface area contributed by atoms with Crippen LogP contribution in [0.4, 0.5) is 0 Å². The van der Waals surface area contributed by atoms with Gasteiger partial charge in [-0.3, -0.25) is 0 Å². The zero-order chi connectivity index (χ0) is 11.4. The summed E-state index contributed by atoms with van der Waals surface area (Å²) in [5.74, 6) is 0.825. The zero-order valence-corrected chi connectivity index (χ0v) is 11.0. The Morgan fingerprint density at radius 1 is 0.875 bits per heavy atom. The molecule has 1 atom stereocenters. The van der Waals surface area contributed by atoms with Crippen LogP contribution in [0.1, 0.15) is 77.6 Å². The van der Waals surface area contributed by atoms with Gasteiger partial charge in [0.15, 0.2) is 0 Å². The standard InChI is InChI=1S/C15H29N/c1-15(11-7-4-8-12-15)14(16)13-9-5-2-3-6-10-13/h13-14H,2-12,16H2,1H3. The van der Waals surface area contributed by atoms with Crippen LogP contribution in [-0.4, -0.2) is 6.04 Å². The van der Waals surface area contributed by atoms with E-state index in [2.05, 4.69) is 6.92 Å². The molecule has 2 fully saturated rings. The molecule has 0 aliphatic heterocycles. The fourth-order valence-electron chi connectivity index (χ4n) is 3.93. The molecule has 1 unspecified atom stereocenters. The van der Waals surface area contributed by atoms with Crippen molar-refractivity contribution in [2.45, 2.75) is 83.6 Å². The first-order chi connectivity index (χ1) is 7.72. The van der Waals surface area contributed by atoms with Crippen LogP contribution in [0.25, 0.3) is 0 Å². The van der Waals surface area contributed by atoms with Gasteiger partial charge in [-0.15, -0.1) is 0 Å². The summed E-state index contributed by atoms with van der Waals surface area (Å²) in [6.07, 6.45) is 15.6. The second-order valence-electron chi connectivity index (χ2n) is 6.49. The van der Waals surface area contributed by atoms with Crippen LogP contribution in [0.3, 0.4) is 0 Å². The largest absolute Gasteiger partial charge is 0.327 e. The smallest absolute Gasteiger partial charge is 0.0121 e. The van der Waals surface area contributed by atoms with Crippen molar-refractivity contribution in [3.63, 3.8) is 0 Å². The summed E-state index contributed by atoms with van der Waals surface area (Å²) in [6, 6.07) is 0.478. The van der Waals surface area contributed by atoms with Crippen LogP contribution < -0.4 is 5.73 Å². The third kappa shape index (κ3) is 2.80. The fraction of sp³-hybridized carbons (Fsp3) is 1.00. The van der Waals surface area contributed by atoms with Crippen LogP contribution in [0.5, 0.6) is 0 Å². The van der Waals surface area contributed by atoms with E-state index in [1.165, 1.54) is 70.6 Å². The Morgan fingerprint density at radius 3 is 1.94 bits per heavy atom. The Balaban J connectivity index is 1.95. The molecule has 0 aromatic carbocycles. The maximum absolute atomic E-state index is 6.63. The van der Waals surface area contributed by atoms with Crippen molar-refractivity contribution in [1.82, 2.24) is 0 Å². The molecule has 0 aromatic heterocycles. The van der Waals surface area contributed by atoms with Crippen molar-refractivity contribution in [2.75, 3.05) is 0 Å². The highest BCUT2D eigenvalue weighted by atomic mass is 14.7. The summed E-state index contributed by atoms with van der Waals surface area (Å²) < 4.78 is 0. The molecule has 0 bridgehead atoms. The molecule has 0 heterocycles. The lowest BCUT2D eigenvalue weighted by atomic mass is 9.66. The minimum atomic E-state index is 0.466. The molecule has 0 amide bonds. The molecule has 2 N–H and O–H groups in total. The number of hydrogen-bond donors (Lipinski definition) is 1. The van der Waals surface area contributed by atoms with Crippen LogP contribution in [0.2, 0.25) is 0 Å². The van der Waals surface area contributed by atoms with E-state index in [0.717, 1.165) is 5.92 Å². The van der Waals surface area contributed by atoms with Gasteiger partial charge in [-0.1, -0.05) is 51.9 Å². The van der Waals surface area contributed by atoms with Crippen molar-refractivity contribution >= 4 is 0 Å². The van der Waals surface area contributed by atoms with Crippen LogP contribution in [-0.2, 0) is 0 Å². The molecule has 16 heavy (non-hydrogen) atoms. The molecule has 2 aliphatic rings. The summed E-state index contributed by atoms with van der Waals surface area (Å²) in [6.45, 7) is 2.46. The van der Waals surface area contributed by atoms with Crippen molar-refractivity contribution in [2.24, 2.45) is 17.1 Å². The third-order valence-corrected chi connectivity index (χ3v) is 5.21. The Hall–Kier alpha value is -0.0400. The second-order valence-corrected chi connectivity index (χ2v) is 6.49. The minimum Gasteiger partial charge on any atom is -0.327 e. The van der Waals surface area contributed by atoms with Gasteiger partial charge in [0.05, 0.1) is 0 Å². The first-order valence-electron chi connectivity index (χ1n) is 7.48. The summed E-state index contributed by atoms with van der Waals surface area (Å²) in [5.41, 5.74) is 7.09. The highest BCUT2D eigenvalue weighted by Gasteiger charge is 2.37. The number of hydrogen-bond acceptors (Lipinski definition) is 1. The average molecular weight is 223 g/mol. The van der Waals surface area contributed by atoms with Gasteiger partial charge in [0, 0.05) is 6.04 Å². The molecule has 0 radical (unpaired) electrons. The van der Waals surface area contributed by atoms with E-state index in [9.17, 15) is 0 Å². The monoisotopic (exact) mass is 223 g/mol. The lowest BCUT2D eigenvalue weighted by Crippen LogP contribution is -2.46. The van der Waals surface area contributed by atoms with E-state index in [0.29, 0.717) is 11.5 Å². The van der Waals surface area contributed by atoms with Crippen molar-refractivity contribution in [1.29, 1.82) is 0 Å². The summed E-state index contributed by atoms with van der Waals surface area (Å²) >= 11 is 0. The van der Waals surface area contributed by atoms with E-state index < -0.39 is 0 Å². The first-order valence-corrected chi connectivity index (χ1v) is 7.48. The predicted octanol–water partition coefficient (Wildman–Crippen LogP) is 4.25. The Morgan fingerprint density at radius 2 is 1.38 bits per heavy atom. The van der Waals surface area contributed by atoms with Gasteiger partial charge >= 0.3 is 0 Å². The average Bonchev–Trinajstić information content (AvgIpc) is 2.57. The van der Waals surface area contributed by atoms with Gasteiger partial charge in [0.2, 0.25) is 0 Å². The Bertz CT molecular complexity index is 197. The van der Waals surface area contributed by atoms with Crippen molar-refractivity contribution in [3.05, 3.63) is 0 Å². The van der Waals surface area contributed by atoms with Crippen LogP contribution in [0, 0.1) is 11.3 Å². The highest BCUT2D eigenvalue weighted by molar-refractivity contribution is 4.92. The van der Waals surface area contributed by atoms with E-state index in [1.54, 1.807) is 0 Å². The van der Waals surface area contributed by atoms with E-state index in [4.69, 9.17) is 5.73 Å². The molecule has 1 heteroatoms. The molecule has 2 saturated carbocycles. The van der Waals surface area contributed by atoms with Gasteiger partial charge in [0.25, 0.3) is 0 Å². The summed E-state index contributed by atoms with van der Waals surface area (Å²) in [7, 11) is 0. The quantitative estimate of drug-likeness (QED) is 0.696.